The fraction of sp³-hybridized carbons (Fsp3) is 0.222. The number of fused-ring (bicyclic) bond motifs is 3. The van der Waals surface area contributed by atoms with Crippen LogP contribution in [0, 0.1) is 19.8 Å². The number of allylic oxidation sites excluding steroid dienone is 2. The molecule has 0 radical (unpaired) electrons. The minimum absolute atomic E-state index is 0.334. The van der Waals surface area contributed by atoms with Crippen molar-refractivity contribution in [1.82, 2.24) is 0 Å². The van der Waals surface area contributed by atoms with Gasteiger partial charge in [0.2, 0.25) is 0 Å². The van der Waals surface area contributed by atoms with Gasteiger partial charge >= 0.3 is 0 Å². The lowest BCUT2D eigenvalue weighted by molar-refractivity contribution is 0.425. The minimum atomic E-state index is 0.334. The van der Waals surface area contributed by atoms with Crippen molar-refractivity contribution in [2.45, 2.75) is 32.2 Å². The lowest BCUT2D eigenvalue weighted by Gasteiger charge is -2.37. The van der Waals surface area contributed by atoms with Gasteiger partial charge in [0.1, 0.15) is 0 Å². The first-order valence-corrected chi connectivity index (χ1v) is 10.4. The van der Waals surface area contributed by atoms with Gasteiger partial charge in [0.15, 0.2) is 0 Å². The van der Waals surface area contributed by atoms with Crippen molar-refractivity contribution < 1.29 is 0 Å². The van der Waals surface area contributed by atoms with Crippen LogP contribution >= 0.6 is 0 Å². The Kier molecular flexibility index (Phi) is 4.55. The summed E-state index contributed by atoms with van der Waals surface area (Å²) < 4.78 is 0. The number of aryl methyl sites for hydroxylation is 2. The molecule has 3 aromatic rings. The highest BCUT2D eigenvalue weighted by Crippen LogP contribution is 2.49. The van der Waals surface area contributed by atoms with Gasteiger partial charge in [0, 0.05) is 17.8 Å². The molecule has 29 heavy (non-hydrogen) atoms. The molecule has 3 unspecified atom stereocenters. The summed E-state index contributed by atoms with van der Waals surface area (Å²) in [4.78, 5) is 4.65. The summed E-state index contributed by atoms with van der Waals surface area (Å²) >= 11 is 0. The van der Waals surface area contributed by atoms with Crippen LogP contribution in [-0.4, -0.2) is 6.21 Å². The maximum atomic E-state index is 4.65. The summed E-state index contributed by atoms with van der Waals surface area (Å²) in [5.74, 6) is 1.08. The molecule has 0 aromatic heterocycles. The Hall–Kier alpha value is -3.13. The van der Waals surface area contributed by atoms with E-state index in [4.69, 9.17) is 0 Å². The van der Waals surface area contributed by atoms with Crippen molar-refractivity contribution in [3.63, 3.8) is 0 Å². The molecule has 5 rings (SSSR count). The molecule has 1 heterocycles. The smallest absolute Gasteiger partial charge is 0.0630 e. The number of benzene rings is 3. The summed E-state index contributed by atoms with van der Waals surface area (Å²) in [6.45, 7) is 4.28. The van der Waals surface area contributed by atoms with Crippen LogP contribution in [0.1, 0.15) is 46.2 Å². The van der Waals surface area contributed by atoms with E-state index in [1.807, 2.05) is 6.21 Å². The van der Waals surface area contributed by atoms with Gasteiger partial charge < -0.3 is 5.32 Å². The second-order valence-corrected chi connectivity index (χ2v) is 8.33. The number of aliphatic imine (C=N–C) groups is 1. The van der Waals surface area contributed by atoms with Crippen LogP contribution in [0.3, 0.4) is 0 Å². The van der Waals surface area contributed by atoms with Gasteiger partial charge in [-0.05, 0) is 61.1 Å². The summed E-state index contributed by atoms with van der Waals surface area (Å²) in [6.07, 6.45) is 7.81. The van der Waals surface area contributed by atoms with Crippen LogP contribution in [0.25, 0.3) is 0 Å². The van der Waals surface area contributed by atoms with Gasteiger partial charge in [-0.1, -0.05) is 71.8 Å². The Bertz CT molecular complexity index is 1070. The molecular formula is C27H26N2. The molecule has 0 amide bonds. The number of rotatable bonds is 3. The average molecular weight is 379 g/mol. The van der Waals surface area contributed by atoms with Gasteiger partial charge in [-0.3, -0.25) is 4.99 Å². The van der Waals surface area contributed by atoms with Crippen molar-refractivity contribution >= 4 is 17.6 Å². The van der Waals surface area contributed by atoms with Gasteiger partial charge in [-0.25, -0.2) is 0 Å². The fourth-order valence-corrected chi connectivity index (χ4v) is 4.61. The van der Waals surface area contributed by atoms with E-state index in [-0.39, 0.29) is 0 Å². The second kappa shape index (κ2) is 7.36. The zero-order valence-corrected chi connectivity index (χ0v) is 17.0. The predicted molar refractivity (Wildman–Crippen MR) is 122 cm³/mol. The Balaban J connectivity index is 1.38. The number of hydrogen-bond donors (Lipinski definition) is 1. The summed E-state index contributed by atoms with van der Waals surface area (Å²) in [5.41, 5.74) is 8.77. The highest BCUT2D eigenvalue weighted by Gasteiger charge is 2.37. The average Bonchev–Trinajstić information content (AvgIpc) is 3.24. The predicted octanol–water partition coefficient (Wildman–Crippen LogP) is 6.88. The molecule has 144 valence electrons. The van der Waals surface area contributed by atoms with E-state index in [0.717, 1.165) is 17.7 Å². The summed E-state index contributed by atoms with van der Waals surface area (Å²) in [7, 11) is 0. The van der Waals surface area contributed by atoms with Crippen LogP contribution in [0.2, 0.25) is 0 Å². The van der Waals surface area contributed by atoms with Crippen LogP contribution in [0.15, 0.2) is 83.9 Å². The number of hydrogen-bond acceptors (Lipinski definition) is 2. The van der Waals surface area contributed by atoms with Gasteiger partial charge in [0.05, 0.1) is 11.7 Å². The standard InChI is InChI=1S/C27H26N2/c1-18-6-9-20(10-7-18)17-28-22-13-11-21(12-14-22)27-24-5-3-4-23(24)25-16-19(2)8-15-26(25)29-27/h3-4,6-17,23-24,27,29H,5H2,1-2H3. The molecular weight excluding hydrogens is 352 g/mol. The Morgan fingerprint density at radius 1 is 0.897 bits per heavy atom. The molecule has 3 aromatic carbocycles. The maximum Gasteiger partial charge on any atom is 0.0630 e. The minimum Gasteiger partial charge on any atom is -0.378 e. The Morgan fingerprint density at radius 3 is 2.45 bits per heavy atom. The van der Waals surface area contributed by atoms with Gasteiger partial charge in [-0.15, -0.1) is 0 Å². The topological polar surface area (TPSA) is 24.4 Å². The largest absolute Gasteiger partial charge is 0.378 e. The first kappa shape index (κ1) is 17.9. The SMILES string of the molecule is Cc1ccc(C=Nc2ccc(C3Nc4ccc(C)cc4C4C=CCC43)cc2)cc1. The fourth-order valence-electron chi connectivity index (χ4n) is 4.61. The summed E-state index contributed by atoms with van der Waals surface area (Å²) in [6, 6.07) is 24.3. The zero-order chi connectivity index (χ0) is 19.8. The third kappa shape index (κ3) is 3.51. The molecule has 0 fully saturated rings. The molecule has 2 heteroatoms. The van der Waals surface area contributed by atoms with Crippen molar-refractivity contribution in [3.8, 4) is 0 Å². The normalized spacial score (nSPS) is 22.3. The molecule has 0 bridgehead atoms. The monoisotopic (exact) mass is 378 g/mol. The molecule has 1 N–H and O–H groups in total. The molecule has 2 nitrogen and oxygen atoms in total. The quantitative estimate of drug-likeness (QED) is 0.390. The number of anilines is 1. The first-order chi connectivity index (χ1) is 14.2. The second-order valence-electron chi connectivity index (χ2n) is 8.33. The first-order valence-electron chi connectivity index (χ1n) is 10.4. The highest BCUT2D eigenvalue weighted by atomic mass is 15.0. The van der Waals surface area contributed by atoms with Crippen molar-refractivity contribution in [3.05, 3.63) is 107 Å². The third-order valence-electron chi connectivity index (χ3n) is 6.21. The Morgan fingerprint density at radius 2 is 1.66 bits per heavy atom. The molecule has 0 saturated carbocycles. The molecule has 1 aliphatic heterocycles. The summed E-state index contributed by atoms with van der Waals surface area (Å²) in [5, 5.41) is 3.82. The Labute approximate surface area is 173 Å². The van der Waals surface area contributed by atoms with Crippen molar-refractivity contribution in [1.29, 1.82) is 0 Å². The molecule has 3 atom stereocenters. The van der Waals surface area contributed by atoms with E-state index in [1.54, 1.807) is 0 Å². The van der Waals surface area contributed by atoms with Crippen LogP contribution in [0.5, 0.6) is 0 Å². The van der Waals surface area contributed by atoms with E-state index in [2.05, 4.69) is 103 Å². The van der Waals surface area contributed by atoms with Crippen LogP contribution < -0.4 is 5.32 Å². The van der Waals surface area contributed by atoms with Crippen LogP contribution in [-0.2, 0) is 0 Å². The van der Waals surface area contributed by atoms with Gasteiger partial charge in [-0.2, -0.15) is 0 Å². The van der Waals surface area contributed by atoms with E-state index < -0.39 is 0 Å². The lowest BCUT2D eigenvalue weighted by atomic mass is 9.76. The van der Waals surface area contributed by atoms with Crippen LogP contribution in [0.4, 0.5) is 11.4 Å². The highest BCUT2D eigenvalue weighted by molar-refractivity contribution is 5.81. The number of nitrogens with one attached hydrogen (secondary N) is 1. The van der Waals surface area contributed by atoms with Gasteiger partial charge in [0.25, 0.3) is 0 Å². The maximum absolute atomic E-state index is 4.65. The zero-order valence-electron chi connectivity index (χ0n) is 17.0. The lowest BCUT2D eigenvalue weighted by Crippen LogP contribution is -2.29. The van der Waals surface area contributed by atoms with Crippen molar-refractivity contribution in [2.24, 2.45) is 10.9 Å². The third-order valence-corrected chi connectivity index (χ3v) is 6.21. The molecule has 0 saturated heterocycles. The van der Waals surface area contributed by atoms with E-state index in [1.165, 1.54) is 27.9 Å². The van der Waals surface area contributed by atoms with Crippen molar-refractivity contribution in [2.75, 3.05) is 5.32 Å². The van der Waals surface area contributed by atoms with E-state index in [9.17, 15) is 0 Å². The molecule has 0 spiro atoms. The molecule has 1 aliphatic carbocycles. The van der Waals surface area contributed by atoms with E-state index >= 15 is 0 Å². The van der Waals surface area contributed by atoms with E-state index in [0.29, 0.717) is 17.9 Å². The number of nitrogens with zero attached hydrogens (tertiary/aromatic N) is 1. The molecule has 2 aliphatic rings.